The minimum atomic E-state index is -0.683. The molecule has 2 aliphatic rings. The van der Waals surface area contributed by atoms with E-state index in [2.05, 4.69) is 19.9 Å². The van der Waals surface area contributed by atoms with Crippen LogP contribution in [-0.2, 0) is 4.79 Å². The van der Waals surface area contributed by atoms with Crippen molar-refractivity contribution in [2.45, 2.75) is 53.4 Å². The fourth-order valence-corrected chi connectivity index (χ4v) is 5.86. The Morgan fingerprint density at radius 3 is 2.14 bits per heavy atom. The molecule has 5 rings (SSSR count). The molecule has 0 amide bonds. The van der Waals surface area contributed by atoms with E-state index in [-0.39, 0.29) is 11.2 Å². The largest absolute Gasteiger partial charge is 0.384 e. The van der Waals surface area contributed by atoms with E-state index < -0.39 is 5.92 Å². The summed E-state index contributed by atoms with van der Waals surface area (Å²) in [6.07, 6.45) is 1.02. The predicted molar refractivity (Wildman–Crippen MR) is 146 cm³/mol. The number of carbonyl (C=O) groups is 1. The van der Waals surface area contributed by atoms with Gasteiger partial charge in [-0.3, -0.25) is 9.69 Å². The number of aromatic nitrogens is 2. The summed E-state index contributed by atoms with van der Waals surface area (Å²) in [4.78, 5) is 15.7. The summed E-state index contributed by atoms with van der Waals surface area (Å²) in [5.41, 5.74) is 13.4. The van der Waals surface area contributed by atoms with Gasteiger partial charge in [0.25, 0.3) is 0 Å². The second-order valence-electron chi connectivity index (χ2n) is 10.9. The highest BCUT2D eigenvalue weighted by Crippen LogP contribution is 2.51. The van der Waals surface area contributed by atoms with Gasteiger partial charge in [-0.25, -0.2) is 4.68 Å². The summed E-state index contributed by atoms with van der Waals surface area (Å²) in [6, 6.07) is 18.2. The summed E-state index contributed by atoms with van der Waals surface area (Å²) < 4.78 is 1.67. The molecule has 1 aliphatic carbocycles. The lowest BCUT2D eigenvalue weighted by atomic mass is 9.68. The van der Waals surface area contributed by atoms with Gasteiger partial charge in [0.05, 0.1) is 28.9 Å². The van der Waals surface area contributed by atoms with Gasteiger partial charge in [-0.05, 0) is 56.9 Å². The maximum atomic E-state index is 13.8. The van der Waals surface area contributed by atoms with Crippen molar-refractivity contribution >= 4 is 23.1 Å². The molecule has 2 aromatic carbocycles. The number of halogens is 1. The molecule has 1 unspecified atom stereocenters. The monoisotopic (exact) mass is 511 g/mol. The minimum absolute atomic E-state index is 0.00663. The molecule has 0 radical (unpaired) electrons. The minimum Gasteiger partial charge on any atom is -0.384 e. The highest BCUT2D eigenvalue weighted by atomic mass is 35.5. The molecule has 3 aromatic rings. The van der Waals surface area contributed by atoms with Gasteiger partial charge in [0.15, 0.2) is 5.78 Å². The van der Waals surface area contributed by atoms with Crippen molar-refractivity contribution in [3.05, 3.63) is 98.7 Å². The van der Waals surface area contributed by atoms with E-state index in [4.69, 9.17) is 22.4 Å². The van der Waals surface area contributed by atoms with Crippen molar-refractivity contribution < 1.29 is 4.79 Å². The third-order valence-corrected chi connectivity index (χ3v) is 7.65. The number of nitrogens with two attached hydrogens (primary N) is 1. The fraction of sp³-hybridized carbons (Fsp3) is 0.300. The number of Topliss-reactive ketones (excluding diaryl/α,β-unsaturated/α-hetero) is 1. The van der Waals surface area contributed by atoms with E-state index in [0.29, 0.717) is 46.2 Å². The first-order valence-electron chi connectivity index (χ1n) is 12.4. The summed E-state index contributed by atoms with van der Waals surface area (Å²) in [7, 11) is 0. The van der Waals surface area contributed by atoms with E-state index in [1.807, 2.05) is 74.2 Å². The second kappa shape index (κ2) is 8.93. The molecule has 37 heavy (non-hydrogen) atoms. The Labute approximate surface area is 222 Å². The van der Waals surface area contributed by atoms with Crippen molar-refractivity contribution in [1.29, 1.82) is 5.26 Å². The molecular formula is C30H30ClN5O. The van der Waals surface area contributed by atoms with Gasteiger partial charge in [-0.1, -0.05) is 60.8 Å². The van der Waals surface area contributed by atoms with Crippen LogP contribution in [0.25, 0.3) is 5.69 Å². The SMILES string of the molecule is Cc1ccc(N2C(N)=C(C#N)C(c3c(C)nn(-c4ccc(C)cc4)c3Cl)C3=C2CC(C)(C)CC3=O)cc1. The van der Waals surface area contributed by atoms with Gasteiger partial charge in [-0.15, -0.1) is 0 Å². The molecule has 0 saturated heterocycles. The molecule has 0 spiro atoms. The summed E-state index contributed by atoms with van der Waals surface area (Å²) >= 11 is 6.99. The van der Waals surface area contributed by atoms with Gasteiger partial charge in [0.2, 0.25) is 0 Å². The number of ketones is 1. The molecule has 0 fully saturated rings. The van der Waals surface area contributed by atoms with Crippen LogP contribution in [0.5, 0.6) is 0 Å². The average Bonchev–Trinajstić information content (AvgIpc) is 3.12. The number of rotatable bonds is 3. The number of anilines is 1. The van der Waals surface area contributed by atoms with Gasteiger partial charge >= 0.3 is 0 Å². The van der Waals surface area contributed by atoms with Crippen LogP contribution in [0.15, 0.2) is 71.2 Å². The first-order valence-corrected chi connectivity index (χ1v) is 12.7. The highest BCUT2D eigenvalue weighted by Gasteiger charge is 2.46. The average molecular weight is 512 g/mol. The molecule has 188 valence electrons. The number of nitriles is 1. The zero-order valence-electron chi connectivity index (χ0n) is 21.8. The Morgan fingerprint density at radius 2 is 1.57 bits per heavy atom. The van der Waals surface area contributed by atoms with Gasteiger partial charge in [0, 0.05) is 28.9 Å². The van der Waals surface area contributed by atoms with Crippen LogP contribution in [0.2, 0.25) is 5.15 Å². The van der Waals surface area contributed by atoms with E-state index in [1.165, 1.54) is 0 Å². The van der Waals surface area contributed by atoms with Crippen molar-refractivity contribution in [1.82, 2.24) is 9.78 Å². The number of hydrogen-bond donors (Lipinski definition) is 1. The molecular weight excluding hydrogens is 482 g/mol. The lowest BCUT2D eigenvalue weighted by Gasteiger charge is -2.43. The zero-order valence-corrected chi connectivity index (χ0v) is 22.5. The van der Waals surface area contributed by atoms with E-state index in [9.17, 15) is 10.1 Å². The molecule has 7 heteroatoms. The maximum absolute atomic E-state index is 13.8. The molecule has 0 bridgehead atoms. The number of allylic oxidation sites excluding steroid dienone is 3. The quantitative estimate of drug-likeness (QED) is 0.440. The number of nitrogens with zero attached hydrogens (tertiary/aromatic N) is 4. The van der Waals surface area contributed by atoms with Crippen LogP contribution >= 0.6 is 11.6 Å². The van der Waals surface area contributed by atoms with Gasteiger partial charge in [-0.2, -0.15) is 10.4 Å². The topological polar surface area (TPSA) is 87.9 Å². The van der Waals surface area contributed by atoms with Crippen molar-refractivity contribution in [3.8, 4) is 11.8 Å². The number of hydrogen-bond acceptors (Lipinski definition) is 5. The first-order chi connectivity index (χ1) is 17.5. The molecule has 6 nitrogen and oxygen atoms in total. The Morgan fingerprint density at radius 1 is 1.00 bits per heavy atom. The van der Waals surface area contributed by atoms with Crippen molar-refractivity contribution in [3.63, 3.8) is 0 Å². The normalized spacial score (nSPS) is 19.2. The van der Waals surface area contributed by atoms with Crippen LogP contribution in [-0.4, -0.2) is 15.6 Å². The maximum Gasteiger partial charge on any atom is 0.162 e. The summed E-state index contributed by atoms with van der Waals surface area (Å²) in [6.45, 7) is 10.1. The Balaban J connectivity index is 1.76. The molecule has 0 saturated carbocycles. The predicted octanol–water partition coefficient (Wildman–Crippen LogP) is 6.39. The fourth-order valence-electron chi connectivity index (χ4n) is 5.48. The van der Waals surface area contributed by atoms with Crippen LogP contribution in [0.3, 0.4) is 0 Å². The summed E-state index contributed by atoms with van der Waals surface area (Å²) in [5.74, 6) is -0.358. The van der Waals surface area contributed by atoms with Gasteiger partial charge < -0.3 is 5.73 Å². The van der Waals surface area contributed by atoms with Crippen LogP contribution in [0.1, 0.15) is 55.0 Å². The molecule has 2 N–H and O–H groups in total. The Kier molecular flexibility index (Phi) is 6.00. The van der Waals surface area contributed by atoms with Gasteiger partial charge in [0.1, 0.15) is 11.0 Å². The van der Waals surface area contributed by atoms with Crippen molar-refractivity contribution in [2.24, 2.45) is 11.1 Å². The van der Waals surface area contributed by atoms with Crippen LogP contribution in [0.4, 0.5) is 5.69 Å². The number of benzene rings is 2. The van der Waals surface area contributed by atoms with Crippen LogP contribution < -0.4 is 10.6 Å². The van der Waals surface area contributed by atoms with E-state index >= 15 is 0 Å². The Hall–Kier alpha value is -3.82. The molecule has 2 heterocycles. The lowest BCUT2D eigenvalue weighted by molar-refractivity contribution is -0.118. The van der Waals surface area contributed by atoms with Crippen molar-refractivity contribution in [2.75, 3.05) is 4.90 Å². The third kappa shape index (κ3) is 4.14. The molecule has 1 atom stereocenters. The molecule has 1 aromatic heterocycles. The summed E-state index contributed by atoms with van der Waals surface area (Å²) in [5, 5.41) is 15.5. The first kappa shape index (κ1) is 24.9. The molecule has 1 aliphatic heterocycles. The lowest BCUT2D eigenvalue weighted by Crippen LogP contribution is -2.42. The zero-order chi connectivity index (χ0) is 26.6. The Bertz CT molecular complexity index is 1520. The van der Waals surface area contributed by atoms with E-state index in [1.54, 1.807) is 4.68 Å². The standard InChI is InChI=1S/C30H30ClN5O/c1-17-6-10-20(11-7-17)35-23-14-30(4,5)15-24(37)27(23)26(22(16-32)29(35)33)25-19(3)34-36(28(25)31)21-12-8-18(2)9-13-21/h6-13,26H,14-15,33H2,1-5H3. The number of aryl methyl sites for hydroxylation is 3. The second-order valence-corrected chi connectivity index (χ2v) is 11.2. The highest BCUT2D eigenvalue weighted by molar-refractivity contribution is 6.31. The van der Waals surface area contributed by atoms with Crippen LogP contribution in [0, 0.1) is 37.5 Å². The number of carbonyl (C=O) groups excluding carboxylic acids is 1. The smallest absolute Gasteiger partial charge is 0.162 e. The van der Waals surface area contributed by atoms with E-state index in [0.717, 1.165) is 28.2 Å². The third-order valence-electron chi connectivity index (χ3n) is 7.29.